The predicted molar refractivity (Wildman–Crippen MR) is 105 cm³/mol. The quantitative estimate of drug-likeness (QED) is 0.722. The molecule has 0 aliphatic carbocycles. The molecule has 0 radical (unpaired) electrons. The Morgan fingerprint density at radius 2 is 1.62 bits per heavy atom. The van der Waals surface area contributed by atoms with Crippen LogP contribution < -0.4 is 19.1 Å². The monoisotopic (exact) mass is 396 g/mol. The van der Waals surface area contributed by atoms with Gasteiger partial charge in [-0.2, -0.15) is 0 Å². The molecule has 1 fully saturated rings. The third-order valence-corrected chi connectivity index (χ3v) is 5.11. The van der Waals surface area contributed by atoms with Gasteiger partial charge in [-0.25, -0.2) is 4.90 Å². The van der Waals surface area contributed by atoms with Gasteiger partial charge in [0.2, 0.25) is 11.5 Å². The number of ether oxygens (including phenoxy) is 3. The number of benzene rings is 2. The van der Waals surface area contributed by atoms with E-state index in [9.17, 15) is 9.59 Å². The van der Waals surface area contributed by atoms with Gasteiger partial charge in [0.25, 0.3) is 5.91 Å². The lowest BCUT2D eigenvalue weighted by atomic mass is 9.92. The molecule has 2 aliphatic rings. The third kappa shape index (κ3) is 3.06. The van der Waals surface area contributed by atoms with Crippen molar-refractivity contribution in [3.8, 4) is 17.2 Å². The molecule has 0 bridgehead atoms. The summed E-state index contributed by atoms with van der Waals surface area (Å²) in [4.78, 5) is 32.5. The van der Waals surface area contributed by atoms with Crippen LogP contribution in [0.25, 0.3) is 0 Å². The van der Waals surface area contributed by atoms with Crippen molar-refractivity contribution in [2.45, 2.75) is 18.4 Å². The molecule has 0 unspecified atom stereocenters. The molecule has 1 saturated heterocycles. The van der Waals surface area contributed by atoms with Gasteiger partial charge in [-0.05, 0) is 42.5 Å². The lowest BCUT2D eigenvalue weighted by Crippen LogP contribution is -2.40. The summed E-state index contributed by atoms with van der Waals surface area (Å²) >= 11 is 0. The summed E-state index contributed by atoms with van der Waals surface area (Å²) in [5.74, 6) is 1.06. The van der Waals surface area contributed by atoms with Gasteiger partial charge in [0.05, 0.1) is 39.1 Å². The first-order chi connectivity index (χ1) is 14.0. The van der Waals surface area contributed by atoms with Gasteiger partial charge in [0, 0.05) is 12.0 Å². The average Bonchev–Trinajstić information content (AvgIpc) is 3.28. The lowest BCUT2D eigenvalue weighted by molar-refractivity contribution is -0.136. The second-order valence-electron chi connectivity index (χ2n) is 6.78. The van der Waals surface area contributed by atoms with Crippen LogP contribution in [0.2, 0.25) is 0 Å². The number of anilines is 1. The second-order valence-corrected chi connectivity index (χ2v) is 6.78. The highest BCUT2D eigenvalue weighted by Crippen LogP contribution is 2.41. The summed E-state index contributed by atoms with van der Waals surface area (Å²) in [6.45, 7) is 0. The van der Waals surface area contributed by atoms with Crippen LogP contribution in [0.4, 0.5) is 5.69 Å². The molecule has 2 aromatic carbocycles. The molecule has 0 aromatic heterocycles. The maximum absolute atomic E-state index is 13.2. The van der Waals surface area contributed by atoms with E-state index in [1.165, 1.54) is 0 Å². The van der Waals surface area contributed by atoms with E-state index in [-0.39, 0.29) is 18.7 Å². The fourth-order valence-electron chi connectivity index (χ4n) is 3.58. The normalized spacial score (nSPS) is 20.7. The Labute approximate surface area is 167 Å². The Morgan fingerprint density at radius 1 is 0.931 bits per heavy atom. The van der Waals surface area contributed by atoms with Gasteiger partial charge in [-0.15, -0.1) is 0 Å². The molecule has 2 amide bonds. The van der Waals surface area contributed by atoms with E-state index < -0.39 is 11.5 Å². The van der Waals surface area contributed by atoms with Crippen LogP contribution in [0, 0.1) is 0 Å². The maximum Gasteiger partial charge on any atom is 0.281 e. The summed E-state index contributed by atoms with van der Waals surface area (Å²) in [6.07, 6.45) is 0.0743. The van der Waals surface area contributed by atoms with Crippen molar-refractivity contribution in [2.24, 2.45) is 5.16 Å². The summed E-state index contributed by atoms with van der Waals surface area (Å²) in [5.41, 5.74) is 0.305. The van der Waals surface area contributed by atoms with E-state index in [4.69, 9.17) is 19.0 Å². The molecule has 2 heterocycles. The molecule has 0 saturated carbocycles. The van der Waals surface area contributed by atoms with Crippen molar-refractivity contribution in [3.05, 3.63) is 48.0 Å². The zero-order chi connectivity index (χ0) is 20.6. The average molecular weight is 396 g/mol. The Hall–Kier alpha value is -3.55. The number of rotatable bonds is 5. The predicted octanol–water partition coefficient (Wildman–Crippen LogP) is 2.54. The molecule has 2 aromatic rings. The van der Waals surface area contributed by atoms with Crippen LogP contribution in [-0.4, -0.2) is 44.5 Å². The van der Waals surface area contributed by atoms with E-state index in [2.05, 4.69) is 5.16 Å². The number of oxime groups is 1. The minimum atomic E-state index is -1.35. The van der Waals surface area contributed by atoms with Gasteiger partial charge < -0.3 is 19.0 Å². The Balaban J connectivity index is 1.61. The van der Waals surface area contributed by atoms with Gasteiger partial charge in [0.15, 0.2) is 0 Å². The van der Waals surface area contributed by atoms with Gasteiger partial charge >= 0.3 is 0 Å². The Bertz CT molecular complexity index is 1000. The molecule has 1 spiro atoms. The molecule has 0 N–H and O–H groups in total. The SMILES string of the molecule is COc1ccc(N2C(=O)C[C@]3(CC(c4cc(OC)ccc4OC)=NO3)C2=O)cc1. The fourth-order valence-corrected chi connectivity index (χ4v) is 3.58. The molecule has 4 rings (SSSR count). The van der Waals surface area contributed by atoms with E-state index >= 15 is 0 Å². The minimum absolute atomic E-state index is 0.0862. The van der Waals surface area contributed by atoms with Crippen LogP contribution >= 0.6 is 0 Å². The number of hydrogen-bond donors (Lipinski definition) is 0. The van der Waals surface area contributed by atoms with E-state index in [1.54, 1.807) is 63.8 Å². The van der Waals surface area contributed by atoms with Crippen molar-refractivity contribution >= 4 is 23.2 Å². The molecular formula is C21H20N2O6. The number of carbonyl (C=O) groups excluding carboxylic acids is 2. The summed E-state index contributed by atoms with van der Waals surface area (Å²) in [7, 11) is 4.66. The molecular weight excluding hydrogens is 376 g/mol. The highest BCUT2D eigenvalue weighted by molar-refractivity contribution is 6.26. The number of amides is 2. The summed E-state index contributed by atoms with van der Waals surface area (Å²) < 4.78 is 15.8. The fraction of sp³-hybridized carbons (Fsp3) is 0.286. The van der Waals surface area contributed by atoms with Gasteiger partial charge in [0.1, 0.15) is 17.2 Å². The van der Waals surface area contributed by atoms with Crippen molar-refractivity contribution in [2.75, 3.05) is 26.2 Å². The number of carbonyl (C=O) groups is 2. The second kappa shape index (κ2) is 7.12. The van der Waals surface area contributed by atoms with Crippen LogP contribution in [0.1, 0.15) is 18.4 Å². The van der Waals surface area contributed by atoms with E-state index in [0.29, 0.717) is 34.2 Å². The smallest absolute Gasteiger partial charge is 0.281 e. The van der Waals surface area contributed by atoms with Crippen molar-refractivity contribution in [1.82, 2.24) is 0 Å². The molecule has 8 nitrogen and oxygen atoms in total. The topological polar surface area (TPSA) is 86.7 Å². The maximum atomic E-state index is 13.2. The third-order valence-electron chi connectivity index (χ3n) is 5.11. The molecule has 8 heteroatoms. The zero-order valence-corrected chi connectivity index (χ0v) is 16.3. The summed E-state index contributed by atoms with van der Waals surface area (Å²) in [5, 5.41) is 4.13. The first-order valence-corrected chi connectivity index (χ1v) is 9.00. The van der Waals surface area contributed by atoms with Crippen LogP contribution in [0.5, 0.6) is 17.2 Å². The van der Waals surface area contributed by atoms with E-state index in [0.717, 1.165) is 4.90 Å². The number of hydrogen-bond acceptors (Lipinski definition) is 7. The molecule has 2 aliphatic heterocycles. The Morgan fingerprint density at radius 3 is 2.28 bits per heavy atom. The minimum Gasteiger partial charge on any atom is -0.497 e. The van der Waals surface area contributed by atoms with Crippen molar-refractivity contribution < 1.29 is 28.6 Å². The summed E-state index contributed by atoms with van der Waals surface area (Å²) in [6, 6.07) is 12.0. The lowest BCUT2D eigenvalue weighted by Gasteiger charge is -2.19. The number of methoxy groups -OCH3 is 3. The molecule has 29 heavy (non-hydrogen) atoms. The molecule has 1 atom stereocenters. The molecule has 150 valence electrons. The van der Waals surface area contributed by atoms with Gasteiger partial charge in [-0.3, -0.25) is 9.59 Å². The largest absolute Gasteiger partial charge is 0.497 e. The number of nitrogens with zero attached hydrogens (tertiary/aromatic N) is 2. The number of imide groups is 1. The first kappa shape index (κ1) is 18.8. The van der Waals surface area contributed by atoms with Crippen LogP contribution in [0.15, 0.2) is 47.6 Å². The van der Waals surface area contributed by atoms with Gasteiger partial charge in [-0.1, -0.05) is 5.16 Å². The van der Waals surface area contributed by atoms with Crippen LogP contribution in [-0.2, 0) is 14.4 Å². The van der Waals surface area contributed by atoms with Crippen molar-refractivity contribution in [1.29, 1.82) is 0 Å². The first-order valence-electron chi connectivity index (χ1n) is 9.00. The standard InChI is InChI=1S/C21H20N2O6/c1-26-14-6-4-13(5-7-14)23-19(24)12-21(20(23)25)11-17(22-29-21)16-10-15(27-2)8-9-18(16)28-3/h4-10H,11-12H2,1-3H3/t21-/m1/s1. The zero-order valence-electron chi connectivity index (χ0n) is 16.3. The highest BCUT2D eigenvalue weighted by Gasteiger charge is 2.58. The van der Waals surface area contributed by atoms with Crippen molar-refractivity contribution in [3.63, 3.8) is 0 Å². The van der Waals surface area contributed by atoms with Crippen LogP contribution in [0.3, 0.4) is 0 Å². The van der Waals surface area contributed by atoms with E-state index in [1.807, 2.05) is 0 Å². The highest BCUT2D eigenvalue weighted by atomic mass is 16.7. The Kier molecular flexibility index (Phi) is 4.62.